The quantitative estimate of drug-likeness (QED) is 0.745. The van der Waals surface area contributed by atoms with Gasteiger partial charge in [0, 0.05) is 0 Å². The van der Waals surface area contributed by atoms with Crippen molar-refractivity contribution in [2.75, 3.05) is 7.11 Å². The van der Waals surface area contributed by atoms with Gasteiger partial charge in [0.1, 0.15) is 5.75 Å². The number of aliphatic carboxylic acids is 1. The zero-order chi connectivity index (χ0) is 13.0. The molecule has 1 rings (SSSR count). The van der Waals surface area contributed by atoms with Gasteiger partial charge in [-0.2, -0.15) is 0 Å². The van der Waals surface area contributed by atoms with Crippen molar-refractivity contribution in [3.63, 3.8) is 0 Å². The minimum atomic E-state index is -1.10. The maximum atomic E-state index is 11.9. The first-order valence-electron chi connectivity index (χ1n) is 5.12. The van der Waals surface area contributed by atoms with Crippen molar-refractivity contribution in [2.24, 2.45) is 5.73 Å². The Morgan fingerprint density at radius 2 is 2.12 bits per heavy atom. The molecule has 0 bridgehead atoms. The molecule has 0 aromatic heterocycles. The number of carbonyl (C=O) groups excluding carboxylic acids is 1. The Bertz CT molecular complexity index is 442. The van der Waals surface area contributed by atoms with Gasteiger partial charge < -0.3 is 15.6 Å². The molecule has 0 saturated heterocycles. The van der Waals surface area contributed by atoms with Crippen LogP contribution >= 0.6 is 0 Å². The van der Waals surface area contributed by atoms with E-state index in [1.165, 1.54) is 7.11 Å². The third-order valence-corrected chi connectivity index (χ3v) is 2.35. The maximum absolute atomic E-state index is 11.9. The van der Waals surface area contributed by atoms with E-state index >= 15 is 0 Å². The summed E-state index contributed by atoms with van der Waals surface area (Å²) in [7, 11) is 1.45. The van der Waals surface area contributed by atoms with Crippen LogP contribution in [0.1, 0.15) is 22.3 Å². The molecule has 17 heavy (non-hydrogen) atoms. The number of ether oxygens (including phenoxy) is 1. The lowest BCUT2D eigenvalue weighted by atomic mass is 10.00. The summed E-state index contributed by atoms with van der Waals surface area (Å²) < 4.78 is 5.05. The van der Waals surface area contributed by atoms with Gasteiger partial charge in [-0.3, -0.25) is 9.59 Å². The number of hydrogen-bond donors (Lipinski definition) is 2. The van der Waals surface area contributed by atoms with Crippen LogP contribution < -0.4 is 10.5 Å². The first-order chi connectivity index (χ1) is 7.95. The fraction of sp³-hybridized carbons (Fsp3) is 0.333. The summed E-state index contributed by atoms with van der Waals surface area (Å²) in [5.41, 5.74) is 6.74. The van der Waals surface area contributed by atoms with Crippen molar-refractivity contribution in [1.29, 1.82) is 0 Å². The van der Waals surface area contributed by atoms with Gasteiger partial charge in [-0.1, -0.05) is 11.6 Å². The second-order valence-corrected chi connectivity index (χ2v) is 3.77. The molecule has 1 aromatic rings. The van der Waals surface area contributed by atoms with Crippen LogP contribution in [0, 0.1) is 6.92 Å². The Morgan fingerprint density at radius 3 is 2.65 bits per heavy atom. The number of Topliss-reactive ketones (excluding diaryl/α,β-unsaturated/α-hetero) is 1. The fourth-order valence-electron chi connectivity index (χ4n) is 1.49. The van der Waals surface area contributed by atoms with E-state index in [1.54, 1.807) is 18.2 Å². The second kappa shape index (κ2) is 5.45. The molecule has 0 aliphatic rings. The van der Waals surface area contributed by atoms with Crippen LogP contribution in [0.5, 0.6) is 5.75 Å². The number of nitrogens with two attached hydrogens (primary N) is 1. The largest absolute Gasteiger partial charge is 0.496 e. The van der Waals surface area contributed by atoms with Crippen LogP contribution in [-0.2, 0) is 4.79 Å². The van der Waals surface area contributed by atoms with E-state index in [2.05, 4.69) is 0 Å². The summed E-state index contributed by atoms with van der Waals surface area (Å²) in [5, 5.41) is 8.60. The van der Waals surface area contributed by atoms with Crippen molar-refractivity contribution in [3.8, 4) is 5.75 Å². The Kier molecular flexibility index (Phi) is 4.23. The normalized spacial score (nSPS) is 11.9. The van der Waals surface area contributed by atoms with E-state index in [4.69, 9.17) is 15.6 Å². The molecule has 0 radical (unpaired) electrons. The molecule has 0 heterocycles. The molecule has 1 aromatic carbocycles. The second-order valence-electron chi connectivity index (χ2n) is 3.77. The summed E-state index contributed by atoms with van der Waals surface area (Å²) in [6.07, 6.45) is -0.393. The van der Waals surface area contributed by atoms with Crippen molar-refractivity contribution >= 4 is 11.8 Å². The Balaban J connectivity index is 3.02. The number of carboxylic acids is 1. The lowest BCUT2D eigenvalue weighted by Gasteiger charge is -2.12. The highest BCUT2D eigenvalue weighted by molar-refractivity contribution is 6.03. The molecular formula is C12H15NO4. The van der Waals surface area contributed by atoms with Gasteiger partial charge in [-0.15, -0.1) is 0 Å². The molecule has 0 amide bonds. The van der Waals surface area contributed by atoms with Gasteiger partial charge in [0.15, 0.2) is 5.78 Å². The zero-order valence-corrected chi connectivity index (χ0v) is 9.77. The van der Waals surface area contributed by atoms with Crippen molar-refractivity contribution in [3.05, 3.63) is 29.3 Å². The standard InChI is InChI=1S/C12H15NO4/c1-7-3-4-10(17-2)8(5-7)12(16)9(13)6-11(14)15/h3-5,9H,6,13H2,1-2H3,(H,14,15). The molecule has 5 heteroatoms. The third kappa shape index (κ3) is 3.29. The topological polar surface area (TPSA) is 89.6 Å². The monoisotopic (exact) mass is 237 g/mol. The van der Waals surface area contributed by atoms with Crippen molar-refractivity contribution in [2.45, 2.75) is 19.4 Å². The Morgan fingerprint density at radius 1 is 1.47 bits per heavy atom. The molecule has 0 aliphatic carbocycles. The van der Waals surface area contributed by atoms with Crippen LogP contribution in [-0.4, -0.2) is 30.0 Å². The number of ketones is 1. The lowest BCUT2D eigenvalue weighted by molar-refractivity contribution is -0.137. The van der Waals surface area contributed by atoms with E-state index in [0.29, 0.717) is 11.3 Å². The summed E-state index contributed by atoms with van der Waals surface area (Å²) in [6, 6.07) is 4.06. The van der Waals surface area contributed by atoms with Gasteiger partial charge >= 0.3 is 5.97 Å². The van der Waals surface area contributed by atoms with Crippen LogP contribution in [0.2, 0.25) is 0 Å². The summed E-state index contributed by atoms with van der Waals surface area (Å²) in [5.74, 6) is -1.12. The summed E-state index contributed by atoms with van der Waals surface area (Å²) in [4.78, 5) is 22.4. The van der Waals surface area contributed by atoms with Crippen LogP contribution in [0.25, 0.3) is 0 Å². The number of carboxylic acid groups (broad SMARTS) is 1. The van der Waals surface area contributed by atoms with Crippen molar-refractivity contribution in [1.82, 2.24) is 0 Å². The third-order valence-electron chi connectivity index (χ3n) is 2.35. The van der Waals surface area contributed by atoms with E-state index in [9.17, 15) is 9.59 Å². The Labute approximate surface area is 99.2 Å². The Hall–Kier alpha value is -1.88. The molecule has 0 spiro atoms. The number of carbonyl (C=O) groups is 2. The predicted molar refractivity (Wildman–Crippen MR) is 62.3 cm³/mol. The van der Waals surface area contributed by atoms with Gasteiger partial charge in [0.2, 0.25) is 0 Å². The highest BCUT2D eigenvalue weighted by atomic mass is 16.5. The molecule has 0 aliphatic heterocycles. The summed E-state index contributed by atoms with van der Waals surface area (Å²) in [6.45, 7) is 1.83. The van der Waals surface area contributed by atoms with Crippen LogP contribution in [0.15, 0.2) is 18.2 Å². The van der Waals surface area contributed by atoms with Gasteiger partial charge in [-0.25, -0.2) is 0 Å². The average Bonchev–Trinajstić information content (AvgIpc) is 2.27. The number of aryl methyl sites for hydroxylation is 1. The molecule has 92 valence electrons. The van der Waals surface area contributed by atoms with Gasteiger partial charge in [0.05, 0.1) is 25.1 Å². The predicted octanol–water partition coefficient (Wildman–Crippen LogP) is 0.988. The SMILES string of the molecule is COc1ccc(C)cc1C(=O)C(N)CC(=O)O. The van der Waals surface area contributed by atoms with Gasteiger partial charge in [-0.05, 0) is 19.1 Å². The summed E-state index contributed by atoms with van der Waals surface area (Å²) >= 11 is 0. The first-order valence-corrected chi connectivity index (χ1v) is 5.12. The van der Waals surface area contributed by atoms with E-state index in [-0.39, 0.29) is 0 Å². The highest BCUT2D eigenvalue weighted by Crippen LogP contribution is 2.21. The minimum absolute atomic E-state index is 0.321. The van der Waals surface area contributed by atoms with E-state index < -0.39 is 24.2 Å². The van der Waals surface area contributed by atoms with Gasteiger partial charge in [0.25, 0.3) is 0 Å². The first kappa shape index (κ1) is 13.2. The van der Waals surface area contributed by atoms with Crippen molar-refractivity contribution < 1.29 is 19.4 Å². The number of rotatable bonds is 5. The number of hydrogen-bond acceptors (Lipinski definition) is 4. The molecule has 1 atom stereocenters. The average molecular weight is 237 g/mol. The highest BCUT2D eigenvalue weighted by Gasteiger charge is 2.21. The molecule has 1 unspecified atom stereocenters. The maximum Gasteiger partial charge on any atom is 0.305 e. The molecule has 0 saturated carbocycles. The number of methoxy groups -OCH3 is 1. The lowest BCUT2D eigenvalue weighted by Crippen LogP contribution is -2.33. The molecular weight excluding hydrogens is 222 g/mol. The molecule has 5 nitrogen and oxygen atoms in total. The molecule has 3 N–H and O–H groups in total. The smallest absolute Gasteiger partial charge is 0.305 e. The minimum Gasteiger partial charge on any atom is -0.496 e. The molecule has 0 fully saturated rings. The van der Waals surface area contributed by atoms with E-state index in [0.717, 1.165) is 5.56 Å². The zero-order valence-electron chi connectivity index (χ0n) is 9.77. The number of benzene rings is 1. The van der Waals surface area contributed by atoms with Crippen LogP contribution in [0.3, 0.4) is 0 Å². The fourth-order valence-corrected chi connectivity index (χ4v) is 1.49. The van der Waals surface area contributed by atoms with E-state index in [1.807, 2.05) is 6.92 Å². The van der Waals surface area contributed by atoms with Crippen LogP contribution in [0.4, 0.5) is 0 Å².